The third kappa shape index (κ3) is 2.82. The van der Waals surface area contributed by atoms with Crippen molar-refractivity contribution in [2.24, 2.45) is 11.8 Å². The summed E-state index contributed by atoms with van der Waals surface area (Å²) in [5, 5.41) is 3.33. The standard InChI is InChI=1S/C14H24N2O/c17-14(9-15-13-5-6-13)16-8-7-11-3-1-2-4-12(11)10-16/h11-13,15H,1-10H2. The van der Waals surface area contributed by atoms with Gasteiger partial charge in [-0.15, -0.1) is 0 Å². The first kappa shape index (κ1) is 11.5. The van der Waals surface area contributed by atoms with Crippen LogP contribution in [0.2, 0.25) is 0 Å². The molecule has 1 amide bonds. The van der Waals surface area contributed by atoms with E-state index >= 15 is 0 Å². The van der Waals surface area contributed by atoms with Crippen LogP contribution in [0.1, 0.15) is 44.9 Å². The number of hydrogen-bond donors (Lipinski definition) is 1. The van der Waals surface area contributed by atoms with Gasteiger partial charge in [0.15, 0.2) is 0 Å². The zero-order valence-electron chi connectivity index (χ0n) is 10.7. The minimum atomic E-state index is 0.334. The van der Waals surface area contributed by atoms with Crippen LogP contribution in [-0.4, -0.2) is 36.5 Å². The molecule has 2 atom stereocenters. The molecule has 1 N–H and O–H groups in total. The maximum absolute atomic E-state index is 12.1. The van der Waals surface area contributed by atoms with Gasteiger partial charge in [-0.3, -0.25) is 4.79 Å². The predicted octanol–water partition coefficient (Wildman–Crippen LogP) is 1.78. The highest BCUT2D eigenvalue weighted by Crippen LogP contribution is 2.35. The Morgan fingerprint density at radius 1 is 1.06 bits per heavy atom. The first-order valence-corrected chi connectivity index (χ1v) is 7.34. The number of nitrogens with one attached hydrogen (secondary N) is 1. The van der Waals surface area contributed by atoms with E-state index in [2.05, 4.69) is 10.2 Å². The van der Waals surface area contributed by atoms with Crippen LogP contribution in [-0.2, 0) is 4.79 Å². The van der Waals surface area contributed by atoms with E-state index in [-0.39, 0.29) is 0 Å². The van der Waals surface area contributed by atoms with Crippen LogP contribution in [0.3, 0.4) is 0 Å². The van der Waals surface area contributed by atoms with Crippen LogP contribution in [0.5, 0.6) is 0 Å². The Balaban J connectivity index is 1.48. The highest BCUT2D eigenvalue weighted by molar-refractivity contribution is 5.78. The van der Waals surface area contributed by atoms with Crippen LogP contribution in [0.15, 0.2) is 0 Å². The maximum Gasteiger partial charge on any atom is 0.236 e. The number of carbonyl (C=O) groups is 1. The van der Waals surface area contributed by atoms with Crippen LogP contribution in [0.25, 0.3) is 0 Å². The molecule has 0 spiro atoms. The van der Waals surface area contributed by atoms with Crippen molar-refractivity contribution in [1.29, 1.82) is 0 Å². The van der Waals surface area contributed by atoms with Crippen molar-refractivity contribution in [2.75, 3.05) is 19.6 Å². The zero-order valence-corrected chi connectivity index (χ0v) is 10.7. The molecular formula is C14H24N2O. The Kier molecular flexibility index (Phi) is 3.37. The van der Waals surface area contributed by atoms with Crippen molar-refractivity contribution in [1.82, 2.24) is 10.2 Å². The second kappa shape index (κ2) is 4.97. The molecule has 1 heterocycles. The molecule has 0 aromatic carbocycles. The molecule has 3 heteroatoms. The van der Waals surface area contributed by atoms with Gasteiger partial charge in [0.1, 0.15) is 0 Å². The number of carbonyl (C=O) groups excluding carboxylic acids is 1. The highest BCUT2D eigenvalue weighted by atomic mass is 16.2. The largest absolute Gasteiger partial charge is 0.341 e. The van der Waals surface area contributed by atoms with E-state index in [4.69, 9.17) is 0 Å². The fourth-order valence-corrected chi connectivity index (χ4v) is 3.46. The van der Waals surface area contributed by atoms with E-state index in [0.29, 0.717) is 18.5 Å². The number of likely N-dealkylation sites (tertiary alicyclic amines) is 1. The van der Waals surface area contributed by atoms with Gasteiger partial charge in [-0.05, 0) is 37.5 Å². The zero-order chi connectivity index (χ0) is 11.7. The molecule has 3 rings (SSSR count). The topological polar surface area (TPSA) is 32.3 Å². The minimum absolute atomic E-state index is 0.334. The average Bonchev–Trinajstić information content (AvgIpc) is 3.19. The second-order valence-corrected chi connectivity index (χ2v) is 6.09. The molecule has 17 heavy (non-hydrogen) atoms. The Bertz CT molecular complexity index is 288. The van der Waals surface area contributed by atoms with E-state index < -0.39 is 0 Å². The van der Waals surface area contributed by atoms with Gasteiger partial charge >= 0.3 is 0 Å². The minimum Gasteiger partial charge on any atom is -0.341 e. The van der Waals surface area contributed by atoms with Crippen molar-refractivity contribution in [3.63, 3.8) is 0 Å². The molecule has 3 nitrogen and oxygen atoms in total. The Morgan fingerprint density at radius 3 is 2.59 bits per heavy atom. The molecule has 96 valence electrons. The van der Waals surface area contributed by atoms with E-state index in [1.165, 1.54) is 44.9 Å². The first-order chi connectivity index (χ1) is 8.33. The number of piperidine rings is 1. The quantitative estimate of drug-likeness (QED) is 0.810. The van der Waals surface area contributed by atoms with Crippen molar-refractivity contribution < 1.29 is 4.79 Å². The van der Waals surface area contributed by atoms with Gasteiger partial charge < -0.3 is 10.2 Å². The summed E-state index contributed by atoms with van der Waals surface area (Å²) in [5.41, 5.74) is 0. The van der Waals surface area contributed by atoms with Gasteiger partial charge in [0.25, 0.3) is 0 Å². The number of fused-ring (bicyclic) bond motifs is 1. The molecule has 2 unspecified atom stereocenters. The van der Waals surface area contributed by atoms with Gasteiger partial charge in [-0.2, -0.15) is 0 Å². The first-order valence-electron chi connectivity index (χ1n) is 7.34. The Morgan fingerprint density at radius 2 is 1.82 bits per heavy atom. The van der Waals surface area contributed by atoms with Crippen LogP contribution < -0.4 is 5.32 Å². The van der Waals surface area contributed by atoms with Crippen molar-refractivity contribution in [2.45, 2.75) is 51.0 Å². The van der Waals surface area contributed by atoms with E-state index in [0.717, 1.165) is 24.9 Å². The Hall–Kier alpha value is -0.570. The van der Waals surface area contributed by atoms with E-state index in [9.17, 15) is 4.79 Å². The van der Waals surface area contributed by atoms with Crippen molar-refractivity contribution >= 4 is 5.91 Å². The molecule has 3 fully saturated rings. The lowest BCUT2D eigenvalue weighted by Gasteiger charge is -2.41. The number of nitrogens with zero attached hydrogens (tertiary/aromatic N) is 1. The molecule has 1 aliphatic heterocycles. The second-order valence-electron chi connectivity index (χ2n) is 6.09. The third-order valence-corrected chi connectivity index (χ3v) is 4.76. The Labute approximate surface area is 104 Å². The van der Waals surface area contributed by atoms with Crippen LogP contribution >= 0.6 is 0 Å². The lowest BCUT2D eigenvalue weighted by Crippen LogP contribution is -2.47. The summed E-state index contributed by atoms with van der Waals surface area (Å²) in [4.78, 5) is 14.2. The fraction of sp³-hybridized carbons (Fsp3) is 0.929. The summed E-state index contributed by atoms with van der Waals surface area (Å²) in [6, 6.07) is 0.645. The van der Waals surface area contributed by atoms with Gasteiger partial charge in [0, 0.05) is 19.1 Å². The fourth-order valence-electron chi connectivity index (χ4n) is 3.46. The molecule has 0 aromatic rings. The molecule has 2 aliphatic carbocycles. The number of amides is 1. The molecule has 0 bridgehead atoms. The summed E-state index contributed by atoms with van der Waals surface area (Å²) < 4.78 is 0. The number of rotatable bonds is 3. The molecule has 1 saturated heterocycles. The summed E-state index contributed by atoms with van der Waals surface area (Å²) in [7, 11) is 0. The molecule has 0 radical (unpaired) electrons. The summed E-state index contributed by atoms with van der Waals surface area (Å²) >= 11 is 0. The van der Waals surface area contributed by atoms with Crippen LogP contribution in [0.4, 0.5) is 0 Å². The summed E-state index contributed by atoms with van der Waals surface area (Å²) in [5.74, 6) is 2.06. The van der Waals surface area contributed by atoms with Crippen LogP contribution in [0, 0.1) is 11.8 Å². The van der Waals surface area contributed by atoms with E-state index in [1.54, 1.807) is 0 Å². The smallest absolute Gasteiger partial charge is 0.236 e. The van der Waals surface area contributed by atoms with Crippen molar-refractivity contribution in [3.8, 4) is 0 Å². The van der Waals surface area contributed by atoms with Gasteiger partial charge in [-0.1, -0.05) is 19.3 Å². The SMILES string of the molecule is O=C(CNC1CC1)N1CCC2CCCCC2C1. The average molecular weight is 236 g/mol. The maximum atomic E-state index is 12.1. The lowest BCUT2D eigenvalue weighted by atomic mass is 9.75. The summed E-state index contributed by atoms with van der Waals surface area (Å²) in [6.07, 6.45) is 9.33. The van der Waals surface area contributed by atoms with Gasteiger partial charge in [-0.25, -0.2) is 0 Å². The van der Waals surface area contributed by atoms with Crippen molar-refractivity contribution in [3.05, 3.63) is 0 Å². The molecule has 0 aromatic heterocycles. The third-order valence-electron chi connectivity index (χ3n) is 4.76. The summed E-state index contributed by atoms with van der Waals surface area (Å²) in [6.45, 7) is 2.62. The monoisotopic (exact) mass is 236 g/mol. The van der Waals surface area contributed by atoms with E-state index in [1.807, 2.05) is 0 Å². The van der Waals surface area contributed by atoms with Gasteiger partial charge in [0.2, 0.25) is 5.91 Å². The number of hydrogen-bond acceptors (Lipinski definition) is 2. The molecular weight excluding hydrogens is 212 g/mol. The lowest BCUT2D eigenvalue weighted by molar-refractivity contribution is -0.133. The molecule has 3 aliphatic rings. The normalized spacial score (nSPS) is 33.3. The highest BCUT2D eigenvalue weighted by Gasteiger charge is 2.33. The molecule has 2 saturated carbocycles. The predicted molar refractivity (Wildman–Crippen MR) is 67.7 cm³/mol. The van der Waals surface area contributed by atoms with Gasteiger partial charge in [0.05, 0.1) is 6.54 Å².